The van der Waals surface area contributed by atoms with Crippen LogP contribution in [0, 0.1) is 6.92 Å². The van der Waals surface area contributed by atoms with Gasteiger partial charge in [-0.25, -0.2) is 0 Å². The molecule has 0 aliphatic rings. The first kappa shape index (κ1) is 13.8. The number of aromatic nitrogens is 4. The Labute approximate surface area is 127 Å². The van der Waals surface area contributed by atoms with Crippen LogP contribution in [0.5, 0.6) is 11.6 Å². The van der Waals surface area contributed by atoms with E-state index in [0.717, 1.165) is 11.3 Å². The molecule has 21 heavy (non-hydrogen) atoms. The van der Waals surface area contributed by atoms with E-state index in [9.17, 15) is 0 Å². The lowest BCUT2D eigenvalue weighted by Gasteiger charge is -2.12. The topological polar surface area (TPSA) is 63.7 Å². The van der Waals surface area contributed by atoms with Crippen molar-refractivity contribution in [2.75, 3.05) is 0 Å². The molecular weight excluding hydrogens is 288 g/mol. The van der Waals surface area contributed by atoms with Gasteiger partial charge in [0.2, 0.25) is 11.2 Å². The van der Waals surface area contributed by atoms with Crippen LogP contribution in [-0.2, 0) is 0 Å². The fourth-order valence-electron chi connectivity index (χ4n) is 2.05. The van der Waals surface area contributed by atoms with Gasteiger partial charge in [-0.05, 0) is 41.6 Å². The first-order valence-corrected chi connectivity index (χ1v) is 7.07. The van der Waals surface area contributed by atoms with E-state index in [-0.39, 0.29) is 5.28 Å². The van der Waals surface area contributed by atoms with E-state index in [1.54, 1.807) is 6.20 Å². The van der Waals surface area contributed by atoms with Crippen LogP contribution in [0.2, 0.25) is 5.28 Å². The molecule has 0 atom stereocenters. The van der Waals surface area contributed by atoms with Crippen molar-refractivity contribution in [3.05, 3.63) is 40.8 Å². The summed E-state index contributed by atoms with van der Waals surface area (Å²) in [4.78, 5) is 8.22. The van der Waals surface area contributed by atoms with Crippen molar-refractivity contribution < 1.29 is 4.74 Å². The van der Waals surface area contributed by atoms with Gasteiger partial charge in [0.15, 0.2) is 5.65 Å². The van der Waals surface area contributed by atoms with E-state index in [1.165, 1.54) is 5.56 Å². The second kappa shape index (κ2) is 5.33. The van der Waals surface area contributed by atoms with Crippen molar-refractivity contribution in [1.29, 1.82) is 0 Å². The molecule has 2 aromatic heterocycles. The molecule has 2 heterocycles. The van der Waals surface area contributed by atoms with Gasteiger partial charge in [0.25, 0.3) is 0 Å². The minimum absolute atomic E-state index is 0.124. The van der Waals surface area contributed by atoms with Gasteiger partial charge in [-0.15, -0.1) is 0 Å². The standard InChI is InChI=1S/C15H15ClN4O/c1-8(2)10-5-4-9(3)12(6-10)21-14-11-7-17-20-13(11)18-15(16)19-14/h4-8H,1-3H3,(H,17,18,19,20). The minimum atomic E-state index is 0.124. The van der Waals surface area contributed by atoms with Gasteiger partial charge in [-0.1, -0.05) is 26.0 Å². The van der Waals surface area contributed by atoms with Crippen LogP contribution in [0.3, 0.4) is 0 Å². The number of nitrogens with zero attached hydrogens (tertiary/aromatic N) is 3. The van der Waals surface area contributed by atoms with Crippen molar-refractivity contribution >= 4 is 22.6 Å². The molecule has 5 nitrogen and oxygen atoms in total. The molecule has 0 bridgehead atoms. The van der Waals surface area contributed by atoms with E-state index >= 15 is 0 Å². The Morgan fingerprint density at radius 1 is 1.24 bits per heavy atom. The van der Waals surface area contributed by atoms with E-state index in [4.69, 9.17) is 16.3 Å². The average Bonchev–Trinajstić information content (AvgIpc) is 2.89. The van der Waals surface area contributed by atoms with Crippen LogP contribution in [0.4, 0.5) is 0 Å². The Morgan fingerprint density at radius 2 is 2.05 bits per heavy atom. The van der Waals surface area contributed by atoms with E-state index in [1.807, 2.05) is 19.1 Å². The smallest absolute Gasteiger partial charge is 0.234 e. The fourth-order valence-corrected chi connectivity index (χ4v) is 2.21. The van der Waals surface area contributed by atoms with Crippen molar-refractivity contribution in [1.82, 2.24) is 20.2 Å². The van der Waals surface area contributed by atoms with Crippen LogP contribution in [-0.4, -0.2) is 20.2 Å². The van der Waals surface area contributed by atoms with Gasteiger partial charge >= 0.3 is 0 Å². The molecule has 0 saturated heterocycles. The Morgan fingerprint density at radius 3 is 2.81 bits per heavy atom. The van der Waals surface area contributed by atoms with Crippen LogP contribution in [0.1, 0.15) is 30.9 Å². The third-order valence-corrected chi connectivity index (χ3v) is 3.50. The monoisotopic (exact) mass is 302 g/mol. The number of fused-ring (bicyclic) bond motifs is 1. The lowest BCUT2D eigenvalue weighted by Crippen LogP contribution is -1.95. The predicted octanol–water partition coefficient (Wildman–Crippen LogP) is 4.23. The zero-order valence-electron chi connectivity index (χ0n) is 12.0. The number of nitrogens with one attached hydrogen (secondary N) is 1. The summed E-state index contributed by atoms with van der Waals surface area (Å²) in [6, 6.07) is 6.18. The second-order valence-electron chi connectivity index (χ2n) is 5.21. The Bertz CT molecular complexity index is 797. The molecule has 6 heteroatoms. The Kier molecular flexibility index (Phi) is 3.51. The highest BCUT2D eigenvalue weighted by Gasteiger charge is 2.13. The first-order chi connectivity index (χ1) is 10.0. The molecule has 0 fully saturated rings. The van der Waals surface area contributed by atoms with Crippen molar-refractivity contribution in [3.63, 3.8) is 0 Å². The zero-order valence-corrected chi connectivity index (χ0v) is 12.8. The van der Waals surface area contributed by atoms with Crippen molar-refractivity contribution in [2.24, 2.45) is 0 Å². The Balaban J connectivity index is 2.06. The van der Waals surface area contributed by atoms with E-state index in [2.05, 4.69) is 40.1 Å². The number of rotatable bonds is 3. The summed E-state index contributed by atoms with van der Waals surface area (Å²) in [5.41, 5.74) is 2.80. The van der Waals surface area contributed by atoms with E-state index in [0.29, 0.717) is 22.8 Å². The molecular formula is C15H15ClN4O. The number of H-pyrrole nitrogens is 1. The minimum Gasteiger partial charge on any atom is -0.438 e. The average molecular weight is 303 g/mol. The van der Waals surface area contributed by atoms with Crippen LogP contribution in [0.15, 0.2) is 24.4 Å². The predicted molar refractivity (Wildman–Crippen MR) is 82.0 cm³/mol. The molecule has 3 aromatic rings. The normalized spacial score (nSPS) is 11.3. The van der Waals surface area contributed by atoms with Gasteiger partial charge in [-0.2, -0.15) is 15.1 Å². The number of aromatic amines is 1. The van der Waals surface area contributed by atoms with Gasteiger partial charge in [-0.3, -0.25) is 5.10 Å². The quantitative estimate of drug-likeness (QED) is 0.735. The number of halogens is 1. The van der Waals surface area contributed by atoms with Crippen molar-refractivity contribution in [3.8, 4) is 11.6 Å². The first-order valence-electron chi connectivity index (χ1n) is 6.69. The summed E-state index contributed by atoms with van der Waals surface area (Å²) in [6.07, 6.45) is 1.63. The fraction of sp³-hybridized carbons (Fsp3) is 0.267. The lowest BCUT2D eigenvalue weighted by atomic mass is 10.0. The molecule has 0 unspecified atom stereocenters. The van der Waals surface area contributed by atoms with Gasteiger partial charge in [0.05, 0.1) is 6.20 Å². The summed E-state index contributed by atoms with van der Waals surface area (Å²) in [5, 5.41) is 7.54. The summed E-state index contributed by atoms with van der Waals surface area (Å²) in [5.74, 6) is 1.59. The summed E-state index contributed by atoms with van der Waals surface area (Å²) >= 11 is 5.92. The number of hydrogen-bond donors (Lipinski definition) is 1. The zero-order chi connectivity index (χ0) is 15.0. The maximum absolute atomic E-state index is 5.96. The molecule has 0 spiro atoms. The molecule has 3 rings (SSSR count). The molecule has 0 saturated carbocycles. The molecule has 1 aromatic carbocycles. The van der Waals surface area contributed by atoms with Crippen LogP contribution in [0.25, 0.3) is 11.0 Å². The number of ether oxygens (including phenoxy) is 1. The molecule has 0 aliphatic carbocycles. The highest BCUT2D eigenvalue weighted by molar-refractivity contribution is 6.28. The number of hydrogen-bond acceptors (Lipinski definition) is 4. The Hall–Kier alpha value is -2.14. The van der Waals surface area contributed by atoms with Gasteiger partial charge < -0.3 is 4.74 Å². The molecule has 108 valence electrons. The summed E-state index contributed by atoms with van der Waals surface area (Å²) < 4.78 is 5.96. The van der Waals surface area contributed by atoms with Gasteiger partial charge in [0.1, 0.15) is 11.1 Å². The number of aryl methyl sites for hydroxylation is 1. The summed E-state index contributed by atoms with van der Waals surface area (Å²) in [7, 11) is 0. The molecule has 1 N–H and O–H groups in total. The second-order valence-corrected chi connectivity index (χ2v) is 5.55. The highest BCUT2D eigenvalue weighted by Crippen LogP contribution is 2.31. The third-order valence-electron chi connectivity index (χ3n) is 3.33. The SMILES string of the molecule is Cc1ccc(C(C)C)cc1Oc1nc(Cl)nc2[nH]ncc12. The third kappa shape index (κ3) is 2.69. The van der Waals surface area contributed by atoms with Crippen LogP contribution >= 0.6 is 11.6 Å². The largest absolute Gasteiger partial charge is 0.438 e. The summed E-state index contributed by atoms with van der Waals surface area (Å²) in [6.45, 7) is 6.28. The van der Waals surface area contributed by atoms with E-state index < -0.39 is 0 Å². The van der Waals surface area contributed by atoms with Crippen molar-refractivity contribution in [2.45, 2.75) is 26.7 Å². The van der Waals surface area contributed by atoms with Gasteiger partial charge in [0, 0.05) is 0 Å². The molecule has 0 amide bonds. The highest BCUT2D eigenvalue weighted by atomic mass is 35.5. The van der Waals surface area contributed by atoms with Crippen LogP contribution < -0.4 is 4.74 Å². The molecule has 0 radical (unpaired) electrons. The maximum Gasteiger partial charge on any atom is 0.234 e. The number of benzene rings is 1. The lowest BCUT2D eigenvalue weighted by molar-refractivity contribution is 0.464. The maximum atomic E-state index is 5.96. The molecule has 0 aliphatic heterocycles.